The van der Waals surface area contributed by atoms with Crippen molar-refractivity contribution < 1.29 is 26.7 Å². The SMILES string of the molecule is O=S(=O)(NCC(O)c1ccc(-c2ccsc2)o1)c1c(F)cccc1F. The van der Waals surface area contributed by atoms with Crippen molar-refractivity contribution in [2.45, 2.75) is 11.0 Å². The van der Waals surface area contributed by atoms with Crippen molar-refractivity contribution in [3.63, 3.8) is 0 Å². The third-order valence-corrected chi connectivity index (χ3v) is 5.57. The Bertz CT molecular complexity index is 948. The molecule has 3 aromatic rings. The fourth-order valence-electron chi connectivity index (χ4n) is 2.19. The lowest BCUT2D eigenvalue weighted by molar-refractivity contribution is 0.155. The van der Waals surface area contributed by atoms with Gasteiger partial charge in [-0.15, -0.1) is 0 Å². The van der Waals surface area contributed by atoms with E-state index in [2.05, 4.69) is 0 Å². The van der Waals surface area contributed by atoms with E-state index in [1.165, 1.54) is 17.4 Å². The van der Waals surface area contributed by atoms with Crippen LogP contribution in [0.3, 0.4) is 0 Å². The second-order valence-electron chi connectivity index (χ2n) is 5.13. The molecule has 25 heavy (non-hydrogen) atoms. The number of thiophene rings is 1. The first kappa shape index (κ1) is 17.7. The summed E-state index contributed by atoms with van der Waals surface area (Å²) in [5, 5.41) is 13.8. The van der Waals surface area contributed by atoms with Gasteiger partial charge < -0.3 is 9.52 Å². The number of aliphatic hydroxyl groups excluding tert-OH is 1. The van der Waals surface area contributed by atoms with Gasteiger partial charge in [-0.05, 0) is 35.7 Å². The molecule has 2 aromatic heterocycles. The molecule has 0 aliphatic heterocycles. The van der Waals surface area contributed by atoms with Crippen LogP contribution in [0.25, 0.3) is 11.3 Å². The fraction of sp³-hybridized carbons (Fsp3) is 0.125. The van der Waals surface area contributed by atoms with Crippen molar-refractivity contribution >= 4 is 21.4 Å². The second-order valence-corrected chi connectivity index (χ2v) is 7.62. The van der Waals surface area contributed by atoms with Gasteiger partial charge in [0.25, 0.3) is 0 Å². The molecule has 5 nitrogen and oxygen atoms in total. The second kappa shape index (κ2) is 7.04. The van der Waals surface area contributed by atoms with E-state index in [0.717, 1.165) is 23.8 Å². The van der Waals surface area contributed by atoms with Crippen molar-refractivity contribution in [1.29, 1.82) is 0 Å². The summed E-state index contributed by atoms with van der Waals surface area (Å²) in [6.07, 6.45) is -1.31. The molecular weight excluding hydrogens is 372 g/mol. The number of hydrogen-bond donors (Lipinski definition) is 2. The van der Waals surface area contributed by atoms with Gasteiger partial charge in [0.2, 0.25) is 10.0 Å². The van der Waals surface area contributed by atoms with Gasteiger partial charge in [0, 0.05) is 17.5 Å². The van der Waals surface area contributed by atoms with E-state index in [4.69, 9.17) is 4.42 Å². The van der Waals surface area contributed by atoms with Crippen molar-refractivity contribution in [2.24, 2.45) is 0 Å². The van der Waals surface area contributed by atoms with E-state index in [-0.39, 0.29) is 5.76 Å². The number of benzene rings is 1. The maximum Gasteiger partial charge on any atom is 0.246 e. The topological polar surface area (TPSA) is 79.5 Å². The van der Waals surface area contributed by atoms with Crippen LogP contribution in [0.2, 0.25) is 0 Å². The van der Waals surface area contributed by atoms with Crippen LogP contribution < -0.4 is 4.72 Å². The lowest BCUT2D eigenvalue weighted by atomic mass is 10.2. The number of aliphatic hydroxyl groups is 1. The summed E-state index contributed by atoms with van der Waals surface area (Å²) in [4.78, 5) is -1.08. The molecule has 0 saturated heterocycles. The molecular formula is C16H13F2NO4S2. The highest BCUT2D eigenvalue weighted by Crippen LogP contribution is 2.27. The summed E-state index contributed by atoms with van der Waals surface area (Å²) in [7, 11) is -4.46. The number of halogens is 2. The minimum Gasteiger partial charge on any atom is -0.458 e. The van der Waals surface area contributed by atoms with Gasteiger partial charge in [0.05, 0.1) is 0 Å². The molecule has 2 N–H and O–H groups in total. The van der Waals surface area contributed by atoms with Crippen molar-refractivity contribution in [2.75, 3.05) is 6.54 Å². The lowest BCUT2D eigenvalue weighted by Gasteiger charge is -2.11. The van der Waals surface area contributed by atoms with Gasteiger partial charge in [0.15, 0.2) is 4.90 Å². The lowest BCUT2D eigenvalue weighted by Crippen LogP contribution is -2.29. The molecule has 3 rings (SSSR count). The van der Waals surface area contributed by atoms with Gasteiger partial charge in [0.1, 0.15) is 29.3 Å². The van der Waals surface area contributed by atoms with Crippen LogP contribution >= 0.6 is 11.3 Å². The zero-order valence-corrected chi connectivity index (χ0v) is 14.3. The largest absolute Gasteiger partial charge is 0.458 e. The van der Waals surface area contributed by atoms with Crippen molar-refractivity contribution in [3.8, 4) is 11.3 Å². The maximum atomic E-state index is 13.6. The quantitative estimate of drug-likeness (QED) is 0.682. The van der Waals surface area contributed by atoms with Crippen LogP contribution in [0, 0.1) is 11.6 Å². The van der Waals surface area contributed by atoms with Gasteiger partial charge in [-0.25, -0.2) is 21.9 Å². The average Bonchev–Trinajstić information content (AvgIpc) is 3.23. The number of sulfonamides is 1. The molecule has 1 unspecified atom stereocenters. The monoisotopic (exact) mass is 385 g/mol. The zero-order valence-electron chi connectivity index (χ0n) is 12.6. The summed E-state index contributed by atoms with van der Waals surface area (Å²) in [5.41, 5.74) is 0.831. The molecule has 132 valence electrons. The first-order valence-corrected chi connectivity index (χ1v) is 9.55. The molecule has 0 amide bonds. The molecule has 1 aromatic carbocycles. The Morgan fingerprint density at radius 1 is 1.16 bits per heavy atom. The first-order valence-electron chi connectivity index (χ1n) is 7.12. The Labute approximate surface area is 146 Å². The summed E-state index contributed by atoms with van der Waals surface area (Å²) in [5.74, 6) is -1.75. The fourth-order valence-corrected chi connectivity index (χ4v) is 4.01. The maximum absolute atomic E-state index is 13.6. The van der Waals surface area contributed by atoms with Crippen LogP contribution in [-0.2, 0) is 10.0 Å². The number of nitrogens with one attached hydrogen (secondary N) is 1. The standard InChI is InChI=1S/C16H13F2NO4S2/c17-11-2-1-3-12(18)16(11)25(21,22)19-8-13(20)15-5-4-14(23-15)10-6-7-24-9-10/h1-7,9,13,19-20H,8H2. The van der Waals surface area contributed by atoms with E-state index in [1.807, 2.05) is 21.5 Å². The highest BCUT2D eigenvalue weighted by Gasteiger charge is 2.25. The Balaban J connectivity index is 1.73. The third kappa shape index (κ3) is 3.79. The molecule has 1 atom stereocenters. The Morgan fingerprint density at radius 3 is 2.52 bits per heavy atom. The van der Waals surface area contributed by atoms with Crippen LogP contribution in [0.4, 0.5) is 8.78 Å². The smallest absolute Gasteiger partial charge is 0.246 e. The van der Waals surface area contributed by atoms with Crippen LogP contribution in [-0.4, -0.2) is 20.1 Å². The Kier molecular flexibility index (Phi) is 5.00. The molecule has 0 saturated carbocycles. The molecule has 0 aliphatic carbocycles. The predicted octanol–water partition coefficient (Wildman–Crippen LogP) is 3.30. The third-order valence-electron chi connectivity index (χ3n) is 3.42. The number of furan rings is 1. The van der Waals surface area contributed by atoms with Gasteiger partial charge in [-0.2, -0.15) is 11.3 Å². The van der Waals surface area contributed by atoms with Crippen molar-refractivity contribution in [1.82, 2.24) is 4.72 Å². The molecule has 0 aliphatic rings. The summed E-state index contributed by atoms with van der Waals surface area (Å²) in [6.45, 7) is -0.493. The highest BCUT2D eigenvalue weighted by atomic mass is 32.2. The molecule has 2 heterocycles. The first-order chi connectivity index (χ1) is 11.9. The van der Waals surface area contributed by atoms with Gasteiger partial charge >= 0.3 is 0 Å². The van der Waals surface area contributed by atoms with E-state index in [1.54, 1.807) is 6.07 Å². The Hall–Kier alpha value is -2.07. The number of hydrogen-bond acceptors (Lipinski definition) is 5. The number of rotatable bonds is 6. The molecule has 9 heteroatoms. The van der Waals surface area contributed by atoms with Crippen molar-refractivity contribution in [3.05, 3.63) is 64.6 Å². The van der Waals surface area contributed by atoms with E-state index in [9.17, 15) is 22.3 Å². The average molecular weight is 385 g/mol. The van der Waals surface area contributed by atoms with Crippen LogP contribution in [0.1, 0.15) is 11.9 Å². The predicted molar refractivity (Wildman–Crippen MR) is 88.5 cm³/mol. The molecule has 0 spiro atoms. The van der Waals surface area contributed by atoms with Crippen LogP contribution in [0.5, 0.6) is 0 Å². The summed E-state index contributed by atoms with van der Waals surface area (Å²) < 4.78 is 58.8. The molecule has 0 bridgehead atoms. The highest BCUT2D eigenvalue weighted by molar-refractivity contribution is 7.89. The molecule has 0 radical (unpaired) electrons. The minimum absolute atomic E-state index is 0.137. The van der Waals surface area contributed by atoms with E-state index in [0.29, 0.717) is 5.76 Å². The van der Waals surface area contributed by atoms with E-state index >= 15 is 0 Å². The zero-order chi connectivity index (χ0) is 18.0. The minimum atomic E-state index is -4.46. The van der Waals surface area contributed by atoms with E-state index < -0.39 is 39.2 Å². The molecule has 0 fully saturated rings. The van der Waals surface area contributed by atoms with Gasteiger partial charge in [-0.3, -0.25) is 0 Å². The normalized spacial score (nSPS) is 13.1. The summed E-state index contributed by atoms with van der Waals surface area (Å²) >= 11 is 1.48. The summed E-state index contributed by atoms with van der Waals surface area (Å²) in [6, 6.07) is 7.74. The Morgan fingerprint density at radius 2 is 1.88 bits per heavy atom. The van der Waals surface area contributed by atoms with Gasteiger partial charge in [-0.1, -0.05) is 6.07 Å². The van der Waals surface area contributed by atoms with Crippen LogP contribution in [0.15, 0.2) is 56.5 Å².